The van der Waals surface area contributed by atoms with Crippen molar-refractivity contribution in [2.75, 3.05) is 26.1 Å². The number of aromatic nitrogens is 1. The van der Waals surface area contributed by atoms with E-state index in [1.807, 2.05) is 67.5 Å². The number of pyridine rings is 1. The molecular formula is C32H40N2O4S. The molecule has 39 heavy (non-hydrogen) atoms. The van der Waals surface area contributed by atoms with E-state index in [4.69, 9.17) is 9.84 Å². The Balaban J connectivity index is 1.49. The lowest BCUT2D eigenvalue weighted by Gasteiger charge is -2.13. The molecule has 1 heterocycles. The first-order chi connectivity index (χ1) is 18.9. The number of anilines is 1. The molecule has 0 aliphatic rings. The van der Waals surface area contributed by atoms with E-state index in [2.05, 4.69) is 17.1 Å². The van der Waals surface area contributed by atoms with Gasteiger partial charge in [-0.15, -0.1) is 0 Å². The van der Waals surface area contributed by atoms with E-state index in [0.717, 1.165) is 53.7 Å². The average Bonchev–Trinajstić information content (AvgIpc) is 2.94. The molecule has 1 atom stereocenters. The average molecular weight is 549 g/mol. The number of hydrogen-bond acceptors (Lipinski definition) is 5. The largest absolute Gasteiger partial charge is 0.497 e. The van der Waals surface area contributed by atoms with Crippen LogP contribution in [0.25, 0.3) is 6.08 Å². The second-order valence-electron chi connectivity index (χ2n) is 9.87. The number of unbranched alkanes of at least 4 members (excludes halogenated alkanes) is 5. The number of aryl methyl sites for hydroxylation is 2. The Hall–Kier alpha value is -3.45. The smallest absolute Gasteiger partial charge is 0.328 e. The molecular weight excluding hydrogens is 508 g/mol. The predicted octanol–water partition coefficient (Wildman–Crippen LogP) is 6.69. The molecule has 0 saturated heterocycles. The number of rotatable bonds is 16. The van der Waals surface area contributed by atoms with E-state index >= 15 is 0 Å². The summed E-state index contributed by atoms with van der Waals surface area (Å²) in [5, 5.41) is 9.14. The van der Waals surface area contributed by atoms with Gasteiger partial charge in [0.05, 0.1) is 35.1 Å². The molecule has 0 aliphatic heterocycles. The Morgan fingerprint density at radius 3 is 2.31 bits per heavy atom. The van der Waals surface area contributed by atoms with E-state index in [1.165, 1.54) is 31.2 Å². The Morgan fingerprint density at radius 1 is 0.949 bits per heavy atom. The number of ether oxygens (including phenoxy) is 1. The zero-order chi connectivity index (χ0) is 28.0. The number of nitrogens with zero attached hydrogens (tertiary/aromatic N) is 2. The third-order valence-electron chi connectivity index (χ3n) is 6.65. The van der Waals surface area contributed by atoms with E-state index in [9.17, 15) is 9.00 Å². The monoisotopic (exact) mass is 548 g/mol. The van der Waals surface area contributed by atoms with Crippen molar-refractivity contribution in [2.45, 2.75) is 62.0 Å². The van der Waals surface area contributed by atoms with Crippen molar-refractivity contribution in [1.29, 1.82) is 0 Å². The number of carboxylic acids is 1. The van der Waals surface area contributed by atoms with Crippen molar-refractivity contribution in [1.82, 2.24) is 4.98 Å². The van der Waals surface area contributed by atoms with Gasteiger partial charge in [0.25, 0.3) is 0 Å². The first kappa shape index (κ1) is 30.1. The summed E-state index contributed by atoms with van der Waals surface area (Å²) in [4.78, 5) is 18.6. The molecule has 1 unspecified atom stereocenters. The fourth-order valence-electron chi connectivity index (χ4n) is 4.40. The van der Waals surface area contributed by atoms with Crippen LogP contribution in [0.15, 0.2) is 71.6 Å². The highest BCUT2D eigenvalue weighted by Gasteiger charge is 2.11. The number of carbonyl (C=O) groups is 1. The van der Waals surface area contributed by atoms with Gasteiger partial charge in [-0.3, -0.25) is 9.19 Å². The van der Waals surface area contributed by atoms with Crippen molar-refractivity contribution in [3.05, 3.63) is 89.3 Å². The minimum absolute atomic E-state index is 0.279. The maximum atomic E-state index is 13.0. The van der Waals surface area contributed by atoms with Gasteiger partial charge in [0.1, 0.15) is 5.75 Å². The van der Waals surface area contributed by atoms with Crippen molar-refractivity contribution >= 4 is 28.5 Å². The summed E-state index contributed by atoms with van der Waals surface area (Å²) < 4.78 is 18.2. The molecule has 0 radical (unpaired) electrons. The van der Waals surface area contributed by atoms with E-state index < -0.39 is 16.8 Å². The van der Waals surface area contributed by atoms with Crippen LogP contribution in [0.1, 0.15) is 61.0 Å². The number of methoxy groups -OCH3 is 1. The molecule has 0 amide bonds. The highest BCUT2D eigenvalue weighted by Crippen LogP contribution is 2.21. The van der Waals surface area contributed by atoms with E-state index in [1.54, 1.807) is 13.2 Å². The number of carboxylic acid groups (broad SMARTS) is 1. The Labute approximate surface area is 235 Å². The van der Waals surface area contributed by atoms with Crippen LogP contribution in [-0.4, -0.2) is 41.5 Å². The van der Waals surface area contributed by atoms with Crippen molar-refractivity contribution in [2.24, 2.45) is 0 Å². The molecule has 1 N–H and O–H groups in total. The standard InChI is InChI=1S/C32H40N2O4S/c1-34(2)28-13-10-14-30(23-28)39(37)24-27-18-17-26(31(33-27)21-22-32(35)36)12-9-7-5-4-6-8-11-25-15-19-29(38-3)20-16-25/h10,13-23H,4-9,11-12,24H2,1-3H3,(H,35,36)/b22-21+. The van der Waals surface area contributed by atoms with Gasteiger partial charge in [0, 0.05) is 30.8 Å². The first-order valence-corrected chi connectivity index (χ1v) is 14.9. The Morgan fingerprint density at radius 2 is 1.64 bits per heavy atom. The highest BCUT2D eigenvalue weighted by atomic mass is 32.2. The maximum Gasteiger partial charge on any atom is 0.328 e. The Kier molecular flexibility index (Phi) is 12.2. The van der Waals surface area contributed by atoms with Crippen LogP contribution in [0.2, 0.25) is 0 Å². The molecule has 7 heteroatoms. The summed E-state index contributed by atoms with van der Waals surface area (Å²) in [6.45, 7) is 0. The zero-order valence-corrected chi connectivity index (χ0v) is 24.1. The van der Waals surface area contributed by atoms with E-state index in [0.29, 0.717) is 11.4 Å². The van der Waals surface area contributed by atoms with Crippen molar-refractivity contribution in [3.63, 3.8) is 0 Å². The van der Waals surface area contributed by atoms with Crippen LogP contribution in [-0.2, 0) is 34.2 Å². The van der Waals surface area contributed by atoms with Crippen LogP contribution in [0, 0.1) is 0 Å². The zero-order valence-electron chi connectivity index (χ0n) is 23.3. The maximum absolute atomic E-state index is 13.0. The molecule has 0 bridgehead atoms. The third kappa shape index (κ3) is 10.3. The van der Waals surface area contributed by atoms with Crippen molar-refractivity contribution < 1.29 is 18.8 Å². The molecule has 6 nitrogen and oxygen atoms in total. The third-order valence-corrected chi connectivity index (χ3v) is 7.99. The van der Waals surface area contributed by atoms with Crippen LogP contribution in [0.5, 0.6) is 5.75 Å². The minimum atomic E-state index is -1.25. The van der Waals surface area contributed by atoms with Gasteiger partial charge in [-0.2, -0.15) is 0 Å². The molecule has 2 aromatic carbocycles. The number of benzene rings is 2. The quantitative estimate of drug-likeness (QED) is 0.159. The summed E-state index contributed by atoms with van der Waals surface area (Å²) in [6.07, 6.45) is 11.5. The van der Waals surface area contributed by atoms with Gasteiger partial charge >= 0.3 is 5.97 Å². The molecule has 3 rings (SSSR count). The number of aliphatic carboxylic acids is 1. The summed E-state index contributed by atoms with van der Waals surface area (Å²) in [6, 6.07) is 19.9. The molecule has 0 spiro atoms. The highest BCUT2D eigenvalue weighted by molar-refractivity contribution is 7.84. The van der Waals surface area contributed by atoms with Crippen LogP contribution < -0.4 is 9.64 Å². The molecule has 0 fully saturated rings. The van der Waals surface area contributed by atoms with Gasteiger partial charge in [-0.25, -0.2) is 4.79 Å². The first-order valence-electron chi connectivity index (χ1n) is 13.5. The fraction of sp³-hybridized carbons (Fsp3) is 0.375. The van der Waals surface area contributed by atoms with Crippen LogP contribution in [0.3, 0.4) is 0 Å². The van der Waals surface area contributed by atoms with E-state index in [-0.39, 0.29) is 5.75 Å². The van der Waals surface area contributed by atoms with Gasteiger partial charge in [-0.1, -0.05) is 49.9 Å². The normalized spacial score (nSPS) is 12.0. The minimum Gasteiger partial charge on any atom is -0.497 e. The van der Waals surface area contributed by atoms with Gasteiger partial charge < -0.3 is 14.7 Å². The summed E-state index contributed by atoms with van der Waals surface area (Å²) >= 11 is 0. The number of hydrogen-bond donors (Lipinski definition) is 1. The summed E-state index contributed by atoms with van der Waals surface area (Å²) in [7, 11) is 4.34. The van der Waals surface area contributed by atoms with Gasteiger partial charge in [-0.05, 0) is 79.3 Å². The van der Waals surface area contributed by atoms with Crippen LogP contribution >= 0.6 is 0 Å². The second-order valence-corrected chi connectivity index (χ2v) is 11.3. The molecule has 0 aliphatic carbocycles. The lowest BCUT2D eigenvalue weighted by Crippen LogP contribution is -2.09. The predicted molar refractivity (Wildman–Crippen MR) is 160 cm³/mol. The van der Waals surface area contributed by atoms with Crippen molar-refractivity contribution in [3.8, 4) is 5.75 Å². The summed E-state index contributed by atoms with van der Waals surface area (Å²) in [5.41, 5.74) is 4.70. The topological polar surface area (TPSA) is 79.7 Å². The Bertz CT molecular complexity index is 1260. The molecule has 208 valence electrons. The molecule has 0 saturated carbocycles. The lowest BCUT2D eigenvalue weighted by atomic mass is 10.0. The molecule has 1 aromatic heterocycles. The molecule has 3 aromatic rings. The lowest BCUT2D eigenvalue weighted by molar-refractivity contribution is -0.131. The van der Waals surface area contributed by atoms with Gasteiger partial charge in [0.15, 0.2) is 0 Å². The SMILES string of the molecule is COc1ccc(CCCCCCCCc2ccc(CS(=O)c3cccc(N(C)C)c3)nc2/C=C/C(=O)O)cc1. The van der Waals surface area contributed by atoms with Gasteiger partial charge in [0.2, 0.25) is 0 Å². The van der Waals surface area contributed by atoms with Crippen LogP contribution in [0.4, 0.5) is 5.69 Å². The second kappa shape index (κ2) is 15.8. The summed E-state index contributed by atoms with van der Waals surface area (Å²) in [5.74, 6) is 0.166. The fourth-order valence-corrected chi connectivity index (χ4v) is 5.48.